The highest BCUT2D eigenvalue weighted by atomic mass is 32.2. The molecule has 40 heavy (non-hydrogen) atoms. The predicted molar refractivity (Wildman–Crippen MR) is 153 cm³/mol. The third-order valence-electron chi connectivity index (χ3n) is 8.30. The van der Waals surface area contributed by atoms with Gasteiger partial charge in [0.05, 0.1) is 35.4 Å². The maximum absolute atomic E-state index is 12.3. The van der Waals surface area contributed by atoms with E-state index in [1.165, 1.54) is 12.8 Å². The van der Waals surface area contributed by atoms with E-state index in [0.29, 0.717) is 35.1 Å². The molecule has 3 aromatic rings. The Bertz CT molecular complexity index is 1480. The number of pyridine rings is 1. The molecule has 1 atom stereocenters. The summed E-state index contributed by atoms with van der Waals surface area (Å²) < 4.78 is 33.4. The van der Waals surface area contributed by atoms with E-state index in [1.807, 2.05) is 25.1 Å². The summed E-state index contributed by atoms with van der Waals surface area (Å²) in [4.78, 5) is 9.13. The highest BCUT2D eigenvalue weighted by Gasteiger charge is 2.44. The smallest absolute Gasteiger partial charge is 0.266 e. The second kappa shape index (κ2) is 10.6. The Balaban J connectivity index is 1.32. The van der Waals surface area contributed by atoms with E-state index < -0.39 is 16.6 Å². The molecule has 2 aliphatic heterocycles. The molecular weight excluding hydrogens is 532 g/mol. The topological polar surface area (TPSA) is 145 Å². The molecular formula is C28H36N6O5S. The van der Waals surface area contributed by atoms with Gasteiger partial charge in [0.25, 0.3) is 5.89 Å². The quantitative estimate of drug-likeness (QED) is 0.370. The standard InChI is InChI=1S/C28H36N6O5S/c1-19-15-23(29-25(16-19)34-10-2-3-21(36)18-34)27-31-30-26(39-27)22-5-4-20(32-40(37,38)14-13-35)17-24(22)33-11-8-28(6-7-28)9-12-33/h4-5,15-17,21,32,35-36H,2-3,6-14,18H2,1H3. The Kier molecular flexibility index (Phi) is 7.18. The van der Waals surface area contributed by atoms with Crippen LogP contribution in [0.15, 0.2) is 34.7 Å². The zero-order valence-electron chi connectivity index (χ0n) is 22.7. The minimum Gasteiger partial charge on any atom is -0.415 e. The van der Waals surface area contributed by atoms with Gasteiger partial charge in [0.2, 0.25) is 15.9 Å². The average Bonchev–Trinajstić information content (AvgIpc) is 3.48. The van der Waals surface area contributed by atoms with Gasteiger partial charge in [-0.15, -0.1) is 10.2 Å². The average molecular weight is 569 g/mol. The van der Waals surface area contributed by atoms with Crippen LogP contribution in [0, 0.1) is 12.3 Å². The minimum absolute atomic E-state index is 0.298. The molecule has 12 heteroatoms. The first-order chi connectivity index (χ1) is 19.2. The number of hydrogen-bond acceptors (Lipinski definition) is 10. The van der Waals surface area contributed by atoms with Crippen molar-refractivity contribution in [2.24, 2.45) is 5.41 Å². The van der Waals surface area contributed by atoms with Crippen molar-refractivity contribution in [1.29, 1.82) is 0 Å². The lowest BCUT2D eigenvalue weighted by Gasteiger charge is -2.35. The van der Waals surface area contributed by atoms with Gasteiger partial charge < -0.3 is 24.4 Å². The minimum atomic E-state index is -3.67. The number of aliphatic hydroxyl groups is 2. The first-order valence-electron chi connectivity index (χ1n) is 14.0. The second-order valence-electron chi connectivity index (χ2n) is 11.4. The molecule has 0 bridgehead atoms. The van der Waals surface area contributed by atoms with Crippen molar-refractivity contribution in [3.8, 4) is 23.0 Å². The lowest BCUT2D eigenvalue weighted by molar-refractivity contribution is 0.154. The van der Waals surface area contributed by atoms with Gasteiger partial charge in [0.1, 0.15) is 11.5 Å². The molecule has 1 spiro atoms. The number of benzene rings is 1. The van der Waals surface area contributed by atoms with E-state index >= 15 is 0 Å². The molecule has 3 aliphatic rings. The lowest BCUT2D eigenvalue weighted by atomic mass is 9.93. The van der Waals surface area contributed by atoms with Gasteiger partial charge in [-0.05, 0) is 86.8 Å². The molecule has 4 heterocycles. The molecule has 1 unspecified atom stereocenters. The molecule has 214 valence electrons. The fourth-order valence-corrected chi connectivity index (χ4v) is 6.63. The SMILES string of the molecule is Cc1cc(-c2nnc(-c3ccc(NS(=O)(=O)CCO)cc3N3CCC4(CC3)CC4)o2)nc(N2CCCC(O)C2)c1. The Labute approximate surface area is 234 Å². The van der Waals surface area contributed by atoms with Crippen molar-refractivity contribution in [2.45, 2.75) is 51.6 Å². The van der Waals surface area contributed by atoms with Gasteiger partial charge in [-0.2, -0.15) is 0 Å². The first kappa shape index (κ1) is 27.0. The maximum atomic E-state index is 12.3. The third kappa shape index (κ3) is 5.79. The third-order valence-corrected chi connectivity index (χ3v) is 9.57. The van der Waals surface area contributed by atoms with E-state index in [1.54, 1.807) is 12.1 Å². The number of aliphatic hydroxyl groups excluding tert-OH is 2. The molecule has 1 saturated carbocycles. The van der Waals surface area contributed by atoms with Gasteiger partial charge in [-0.1, -0.05) is 0 Å². The largest absolute Gasteiger partial charge is 0.415 e. The highest BCUT2D eigenvalue weighted by molar-refractivity contribution is 7.92. The fourth-order valence-electron chi connectivity index (χ4n) is 5.81. The van der Waals surface area contributed by atoms with Crippen molar-refractivity contribution in [1.82, 2.24) is 15.2 Å². The van der Waals surface area contributed by atoms with Gasteiger partial charge in [0.15, 0.2) is 0 Å². The Morgan fingerprint density at radius 2 is 1.82 bits per heavy atom. The molecule has 1 aromatic carbocycles. The van der Waals surface area contributed by atoms with Crippen LogP contribution in [-0.2, 0) is 10.0 Å². The number of nitrogens with one attached hydrogen (secondary N) is 1. The molecule has 3 fully saturated rings. The fraction of sp³-hybridized carbons (Fsp3) is 0.536. The molecule has 2 aromatic heterocycles. The Morgan fingerprint density at radius 3 is 2.55 bits per heavy atom. The number of sulfonamides is 1. The van der Waals surface area contributed by atoms with Crippen LogP contribution in [0.5, 0.6) is 0 Å². The Hall–Kier alpha value is -3.22. The normalized spacial score (nSPS) is 20.6. The van der Waals surface area contributed by atoms with Crippen molar-refractivity contribution in [3.05, 3.63) is 35.9 Å². The molecule has 0 radical (unpaired) electrons. The number of aromatic nitrogens is 3. The Morgan fingerprint density at radius 1 is 1.05 bits per heavy atom. The maximum Gasteiger partial charge on any atom is 0.266 e. The van der Waals surface area contributed by atoms with E-state index in [-0.39, 0.29) is 11.9 Å². The van der Waals surface area contributed by atoms with Crippen molar-refractivity contribution in [3.63, 3.8) is 0 Å². The summed E-state index contributed by atoms with van der Waals surface area (Å²) in [5.41, 5.74) is 4.03. The number of hydrogen-bond donors (Lipinski definition) is 3. The van der Waals surface area contributed by atoms with Crippen LogP contribution in [-0.4, -0.2) is 78.5 Å². The van der Waals surface area contributed by atoms with Crippen LogP contribution in [0.2, 0.25) is 0 Å². The summed E-state index contributed by atoms with van der Waals surface area (Å²) >= 11 is 0. The monoisotopic (exact) mass is 568 g/mol. The number of nitrogens with zero attached hydrogens (tertiary/aromatic N) is 5. The number of β-amino-alcohol motifs (C(OH)–C–C–N with tert-alkyl or cyclic N) is 1. The van der Waals surface area contributed by atoms with Crippen molar-refractivity contribution >= 4 is 27.2 Å². The van der Waals surface area contributed by atoms with Crippen LogP contribution in [0.1, 0.15) is 44.1 Å². The van der Waals surface area contributed by atoms with E-state index in [9.17, 15) is 13.5 Å². The number of anilines is 3. The summed E-state index contributed by atoms with van der Waals surface area (Å²) in [5.74, 6) is 1.04. The summed E-state index contributed by atoms with van der Waals surface area (Å²) in [6.45, 7) is 4.64. The van der Waals surface area contributed by atoms with Crippen LogP contribution in [0.25, 0.3) is 23.0 Å². The van der Waals surface area contributed by atoms with Crippen LogP contribution < -0.4 is 14.5 Å². The van der Waals surface area contributed by atoms with E-state index in [0.717, 1.165) is 67.9 Å². The first-order valence-corrected chi connectivity index (χ1v) is 15.6. The van der Waals surface area contributed by atoms with Crippen molar-refractivity contribution in [2.75, 3.05) is 53.1 Å². The van der Waals surface area contributed by atoms with Crippen molar-refractivity contribution < 1.29 is 23.0 Å². The highest BCUT2D eigenvalue weighted by Crippen LogP contribution is 2.54. The number of rotatable bonds is 8. The summed E-state index contributed by atoms with van der Waals surface area (Å²) in [6, 6.07) is 9.19. The van der Waals surface area contributed by atoms with Gasteiger partial charge in [-0.25, -0.2) is 13.4 Å². The lowest BCUT2D eigenvalue weighted by Crippen LogP contribution is -2.38. The van der Waals surface area contributed by atoms with Gasteiger partial charge in [-0.3, -0.25) is 4.72 Å². The molecule has 6 rings (SSSR count). The van der Waals surface area contributed by atoms with Crippen LogP contribution >= 0.6 is 0 Å². The van der Waals surface area contributed by atoms with Crippen LogP contribution in [0.4, 0.5) is 17.2 Å². The van der Waals surface area contributed by atoms with Gasteiger partial charge in [0, 0.05) is 26.2 Å². The second-order valence-corrected chi connectivity index (χ2v) is 13.2. The van der Waals surface area contributed by atoms with E-state index in [2.05, 4.69) is 24.7 Å². The van der Waals surface area contributed by atoms with E-state index in [4.69, 9.17) is 14.5 Å². The molecule has 11 nitrogen and oxygen atoms in total. The zero-order valence-corrected chi connectivity index (χ0v) is 23.5. The summed E-state index contributed by atoms with van der Waals surface area (Å²) in [7, 11) is -3.67. The van der Waals surface area contributed by atoms with Gasteiger partial charge >= 0.3 is 0 Å². The molecule has 0 amide bonds. The molecule has 1 aliphatic carbocycles. The predicted octanol–water partition coefficient (Wildman–Crippen LogP) is 3.18. The zero-order chi connectivity index (χ0) is 27.9. The van der Waals surface area contributed by atoms with Crippen LogP contribution in [0.3, 0.4) is 0 Å². The number of aryl methyl sites for hydroxylation is 1. The summed E-state index contributed by atoms with van der Waals surface area (Å²) in [5, 5.41) is 28.0. The summed E-state index contributed by atoms with van der Waals surface area (Å²) in [6.07, 6.45) is 6.10. The number of piperidine rings is 2. The molecule has 2 saturated heterocycles. The molecule has 3 N–H and O–H groups in total.